The molecule has 0 unspecified atom stereocenters. The quantitative estimate of drug-likeness (QED) is 0.584. The Labute approximate surface area is 94.4 Å². The van der Waals surface area contributed by atoms with E-state index in [0.717, 1.165) is 6.08 Å². The van der Waals surface area contributed by atoms with E-state index in [2.05, 4.69) is 0 Å². The molecule has 0 radical (unpaired) electrons. The van der Waals surface area contributed by atoms with E-state index in [9.17, 15) is 20.2 Å². The van der Waals surface area contributed by atoms with Crippen LogP contribution in [-0.2, 0) is 0 Å². The summed E-state index contributed by atoms with van der Waals surface area (Å²) in [6, 6.07) is 2.52. The van der Waals surface area contributed by atoms with Crippen molar-refractivity contribution in [3.63, 3.8) is 0 Å². The van der Waals surface area contributed by atoms with E-state index in [4.69, 9.17) is 9.47 Å². The van der Waals surface area contributed by atoms with E-state index >= 15 is 0 Å². The van der Waals surface area contributed by atoms with E-state index < -0.39 is 9.85 Å². The Morgan fingerprint density at radius 2 is 1.82 bits per heavy atom. The van der Waals surface area contributed by atoms with Gasteiger partial charge in [-0.15, -0.1) is 0 Å². The minimum absolute atomic E-state index is 0.0190. The van der Waals surface area contributed by atoms with Crippen LogP contribution in [0.1, 0.15) is 5.56 Å². The Morgan fingerprint density at radius 3 is 2.41 bits per heavy atom. The summed E-state index contributed by atoms with van der Waals surface area (Å²) in [4.78, 5) is 19.6. The van der Waals surface area contributed by atoms with Gasteiger partial charge in [-0.05, 0) is 6.07 Å². The Balaban J connectivity index is 2.48. The second-order valence-corrected chi connectivity index (χ2v) is 3.12. The number of nitrogens with zero attached hydrogens (tertiary/aromatic N) is 2. The van der Waals surface area contributed by atoms with Crippen molar-refractivity contribution in [1.29, 1.82) is 0 Å². The average Bonchev–Trinajstić information content (AvgIpc) is 2.71. The van der Waals surface area contributed by atoms with Crippen LogP contribution in [0.25, 0.3) is 6.08 Å². The molecular weight excluding hydrogens is 232 g/mol. The molecule has 0 bridgehead atoms. The molecule has 1 aromatic carbocycles. The zero-order chi connectivity index (χ0) is 12.4. The lowest BCUT2D eigenvalue weighted by atomic mass is 10.1. The molecule has 1 aliphatic heterocycles. The van der Waals surface area contributed by atoms with Crippen molar-refractivity contribution in [2.75, 3.05) is 6.79 Å². The SMILES string of the molecule is O=[N+]([O-])C=Cc1cc2c(cc1[N+](=O)[O-])OCO2. The number of fused-ring (bicyclic) bond motifs is 1. The smallest absolute Gasteiger partial charge is 0.280 e. The first-order valence-corrected chi connectivity index (χ1v) is 4.47. The normalized spacial score (nSPS) is 12.9. The van der Waals surface area contributed by atoms with Gasteiger partial charge in [-0.2, -0.15) is 0 Å². The highest BCUT2D eigenvalue weighted by atomic mass is 16.7. The van der Waals surface area contributed by atoms with Crippen LogP contribution in [0.2, 0.25) is 0 Å². The molecule has 2 rings (SSSR count). The van der Waals surface area contributed by atoms with Gasteiger partial charge in [0.1, 0.15) is 0 Å². The fourth-order valence-electron chi connectivity index (χ4n) is 1.38. The topological polar surface area (TPSA) is 105 Å². The second kappa shape index (κ2) is 4.08. The third kappa shape index (κ3) is 2.14. The van der Waals surface area contributed by atoms with Crippen LogP contribution >= 0.6 is 0 Å². The lowest BCUT2D eigenvalue weighted by molar-refractivity contribution is -0.401. The molecule has 0 aromatic heterocycles. The lowest BCUT2D eigenvalue weighted by Gasteiger charge is -1.99. The van der Waals surface area contributed by atoms with Crippen molar-refractivity contribution in [3.8, 4) is 11.5 Å². The van der Waals surface area contributed by atoms with Crippen molar-refractivity contribution in [1.82, 2.24) is 0 Å². The summed E-state index contributed by atoms with van der Waals surface area (Å²) < 4.78 is 10.0. The lowest BCUT2D eigenvalue weighted by Crippen LogP contribution is -1.93. The Morgan fingerprint density at radius 1 is 1.18 bits per heavy atom. The summed E-state index contributed by atoms with van der Waals surface area (Å²) in [5.74, 6) is 0.591. The van der Waals surface area contributed by atoms with Gasteiger partial charge in [0.15, 0.2) is 11.5 Å². The highest BCUT2D eigenvalue weighted by Gasteiger charge is 2.22. The van der Waals surface area contributed by atoms with Gasteiger partial charge >= 0.3 is 0 Å². The fraction of sp³-hybridized carbons (Fsp3) is 0.111. The Hall–Kier alpha value is -2.64. The third-order valence-corrected chi connectivity index (χ3v) is 2.09. The van der Waals surface area contributed by atoms with Crippen LogP contribution in [-0.4, -0.2) is 16.6 Å². The monoisotopic (exact) mass is 238 g/mol. The van der Waals surface area contributed by atoms with E-state index in [1.54, 1.807) is 0 Å². The van der Waals surface area contributed by atoms with Crippen LogP contribution in [0, 0.1) is 20.2 Å². The molecule has 0 atom stereocenters. The second-order valence-electron chi connectivity index (χ2n) is 3.12. The van der Waals surface area contributed by atoms with Crippen LogP contribution in [0.15, 0.2) is 18.3 Å². The average molecular weight is 238 g/mol. The summed E-state index contributed by atoms with van der Waals surface area (Å²) in [5.41, 5.74) is -0.177. The van der Waals surface area contributed by atoms with Gasteiger partial charge in [-0.1, -0.05) is 0 Å². The molecule has 1 heterocycles. The molecule has 8 nitrogen and oxygen atoms in total. The van der Waals surface area contributed by atoms with Crippen molar-refractivity contribution in [3.05, 3.63) is 44.1 Å². The minimum Gasteiger partial charge on any atom is -0.454 e. The first-order valence-electron chi connectivity index (χ1n) is 4.47. The zero-order valence-corrected chi connectivity index (χ0v) is 8.36. The summed E-state index contributed by atoms with van der Waals surface area (Å²) in [6.07, 6.45) is 1.67. The molecule has 0 spiro atoms. The van der Waals surface area contributed by atoms with Crippen molar-refractivity contribution < 1.29 is 19.3 Å². The highest BCUT2D eigenvalue weighted by Crippen LogP contribution is 2.38. The van der Waals surface area contributed by atoms with Crippen molar-refractivity contribution in [2.24, 2.45) is 0 Å². The molecule has 0 aliphatic carbocycles. The van der Waals surface area contributed by atoms with Crippen molar-refractivity contribution in [2.45, 2.75) is 0 Å². The predicted octanol–water partition coefficient (Wildman–Crippen LogP) is 1.57. The molecule has 0 saturated carbocycles. The molecule has 17 heavy (non-hydrogen) atoms. The first-order chi connectivity index (χ1) is 8.08. The maximum absolute atomic E-state index is 10.8. The largest absolute Gasteiger partial charge is 0.454 e. The van der Waals surface area contributed by atoms with Crippen molar-refractivity contribution >= 4 is 11.8 Å². The molecule has 0 fully saturated rings. The maximum Gasteiger partial charge on any atom is 0.280 e. The number of ether oxygens (including phenoxy) is 2. The van der Waals surface area contributed by atoms with Crippen LogP contribution in [0.4, 0.5) is 5.69 Å². The molecule has 1 aromatic rings. The number of hydrogen-bond acceptors (Lipinski definition) is 6. The summed E-state index contributed by atoms with van der Waals surface area (Å²) in [7, 11) is 0. The van der Waals surface area contributed by atoms with Crippen LogP contribution in [0.5, 0.6) is 11.5 Å². The minimum atomic E-state index is -0.700. The Bertz CT molecular complexity index is 524. The standard InChI is InChI=1S/C9H6N2O6/c12-10(13)2-1-6-3-8-9(17-5-16-8)4-7(6)11(14)15/h1-4H,5H2. The molecular formula is C9H6N2O6. The van der Waals surface area contributed by atoms with Gasteiger partial charge in [-0.3, -0.25) is 20.2 Å². The van der Waals surface area contributed by atoms with Gasteiger partial charge in [0, 0.05) is 6.08 Å². The zero-order valence-electron chi connectivity index (χ0n) is 8.36. The number of rotatable bonds is 3. The van der Waals surface area contributed by atoms with E-state index in [1.165, 1.54) is 12.1 Å². The van der Waals surface area contributed by atoms with E-state index in [1.807, 2.05) is 0 Å². The highest BCUT2D eigenvalue weighted by molar-refractivity contribution is 5.66. The van der Waals surface area contributed by atoms with Gasteiger partial charge in [0.2, 0.25) is 13.0 Å². The molecule has 1 aliphatic rings. The number of benzene rings is 1. The van der Waals surface area contributed by atoms with Crippen LogP contribution in [0.3, 0.4) is 0 Å². The van der Waals surface area contributed by atoms with E-state index in [-0.39, 0.29) is 23.8 Å². The molecule has 0 N–H and O–H groups in total. The molecule has 0 amide bonds. The van der Waals surface area contributed by atoms with Gasteiger partial charge in [0.05, 0.1) is 21.5 Å². The number of nitro benzene ring substituents is 1. The third-order valence-electron chi connectivity index (χ3n) is 2.09. The summed E-state index contributed by atoms with van der Waals surface area (Å²) in [5, 5.41) is 21.0. The summed E-state index contributed by atoms with van der Waals surface area (Å²) in [6.45, 7) is -0.0190. The van der Waals surface area contributed by atoms with Gasteiger partial charge in [0.25, 0.3) is 5.69 Å². The molecule has 8 heteroatoms. The number of nitro groups is 2. The molecule has 0 saturated heterocycles. The molecule has 88 valence electrons. The first kappa shape index (κ1) is 10.9. The Kier molecular flexibility index (Phi) is 2.61. The predicted molar refractivity (Wildman–Crippen MR) is 55.2 cm³/mol. The van der Waals surface area contributed by atoms with Crippen LogP contribution < -0.4 is 9.47 Å². The fourth-order valence-corrected chi connectivity index (χ4v) is 1.38. The van der Waals surface area contributed by atoms with Gasteiger partial charge < -0.3 is 9.47 Å². The maximum atomic E-state index is 10.8. The van der Waals surface area contributed by atoms with Gasteiger partial charge in [-0.25, -0.2) is 0 Å². The van der Waals surface area contributed by atoms with E-state index in [0.29, 0.717) is 11.9 Å². The summed E-state index contributed by atoms with van der Waals surface area (Å²) >= 11 is 0. The number of hydrogen-bond donors (Lipinski definition) is 0.